The third-order valence-corrected chi connectivity index (χ3v) is 4.72. The van der Waals surface area contributed by atoms with E-state index in [-0.39, 0.29) is 11.9 Å². The summed E-state index contributed by atoms with van der Waals surface area (Å²) < 4.78 is 14.3. The monoisotopic (exact) mass is 291 g/mol. The molecule has 1 aromatic rings. The van der Waals surface area contributed by atoms with Gasteiger partial charge in [-0.2, -0.15) is 0 Å². The van der Waals surface area contributed by atoms with Crippen molar-refractivity contribution in [2.75, 3.05) is 6.54 Å². The number of nitrogens with one attached hydrogen (secondary N) is 1. The summed E-state index contributed by atoms with van der Waals surface area (Å²) in [4.78, 5) is 0. The first-order valence-electron chi connectivity index (χ1n) is 8.71. The van der Waals surface area contributed by atoms with Crippen LogP contribution in [0.15, 0.2) is 18.2 Å². The Hall–Kier alpha value is -0.890. The Labute approximate surface area is 129 Å². The van der Waals surface area contributed by atoms with Gasteiger partial charge in [-0.25, -0.2) is 4.39 Å². The van der Waals surface area contributed by atoms with Gasteiger partial charge >= 0.3 is 0 Å². The Morgan fingerprint density at radius 1 is 1.14 bits per heavy atom. The molecule has 1 aliphatic carbocycles. The highest BCUT2D eigenvalue weighted by Gasteiger charge is 2.25. The van der Waals surface area contributed by atoms with Crippen molar-refractivity contribution in [1.29, 1.82) is 0 Å². The maximum Gasteiger partial charge on any atom is 0.128 e. The maximum absolute atomic E-state index is 14.3. The summed E-state index contributed by atoms with van der Waals surface area (Å²) in [6.07, 6.45) is 10.2. The van der Waals surface area contributed by atoms with Crippen molar-refractivity contribution in [3.8, 4) is 0 Å². The number of hydrogen-bond acceptors (Lipinski definition) is 1. The minimum Gasteiger partial charge on any atom is -0.310 e. The fourth-order valence-corrected chi connectivity index (χ4v) is 3.55. The largest absolute Gasteiger partial charge is 0.310 e. The molecule has 0 bridgehead atoms. The van der Waals surface area contributed by atoms with Crippen LogP contribution in [0.4, 0.5) is 4.39 Å². The van der Waals surface area contributed by atoms with E-state index in [1.54, 1.807) is 6.07 Å². The van der Waals surface area contributed by atoms with Crippen LogP contribution >= 0.6 is 0 Å². The highest BCUT2D eigenvalue weighted by molar-refractivity contribution is 5.27. The van der Waals surface area contributed by atoms with Gasteiger partial charge in [0.25, 0.3) is 0 Å². The van der Waals surface area contributed by atoms with E-state index in [2.05, 4.69) is 19.2 Å². The zero-order chi connectivity index (χ0) is 15.1. The molecule has 0 saturated heterocycles. The first-order chi connectivity index (χ1) is 10.2. The lowest BCUT2D eigenvalue weighted by Crippen LogP contribution is -2.30. The molecule has 0 radical (unpaired) electrons. The normalized spacial score (nSPS) is 19.0. The molecule has 1 aromatic carbocycles. The van der Waals surface area contributed by atoms with Gasteiger partial charge < -0.3 is 5.32 Å². The second kappa shape index (κ2) is 8.53. The maximum atomic E-state index is 14.3. The number of benzene rings is 1. The van der Waals surface area contributed by atoms with Crippen molar-refractivity contribution in [2.45, 2.75) is 71.3 Å². The molecule has 0 aliphatic heterocycles. The molecule has 1 unspecified atom stereocenters. The Bertz CT molecular complexity index is 422. The standard InChI is InChI=1S/C19H30FN/c1-3-13-21-19(16-9-7-5-4-6-8-10-16)17-14-15(2)11-12-18(17)20/h11-12,14,16,19,21H,3-10,13H2,1-2H3. The van der Waals surface area contributed by atoms with Crippen molar-refractivity contribution >= 4 is 0 Å². The number of aryl methyl sites for hydroxylation is 1. The average Bonchev–Trinajstić information content (AvgIpc) is 2.44. The van der Waals surface area contributed by atoms with Crippen LogP contribution in [0.25, 0.3) is 0 Å². The van der Waals surface area contributed by atoms with Gasteiger partial charge in [0.1, 0.15) is 5.82 Å². The van der Waals surface area contributed by atoms with Crippen LogP contribution in [0.5, 0.6) is 0 Å². The molecule has 1 nitrogen and oxygen atoms in total. The Morgan fingerprint density at radius 2 is 1.81 bits per heavy atom. The van der Waals surface area contributed by atoms with E-state index >= 15 is 0 Å². The molecular weight excluding hydrogens is 261 g/mol. The van der Waals surface area contributed by atoms with Gasteiger partial charge in [0.05, 0.1) is 0 Å². The Balaban J connectivity index is 2.20. The summed E-state index contributed by atoms with van der Waals surface area (Å²) in [6, 6.07) is 5.73. The summed E-state index contributed by atoms with van der Waals surface area (Å²) in [5, 5.41) is 3.63. The minimum atomic E-state index is -0.0451. The van der Waals surface area contributed by atoms with Gasteiger partial charge in [-0.1, -0.05) is 56.7 Å². The molecule has 118 valence electrons. The summed E-state index contributed by atoms with van der Waals surface area (Å²) >= 11 is 0. The molecule has 1 fully saturated rings. The van der Waals surface area contributed by atoms with E-state index in [1.807, 2.05) is 12.1 Å². The summed E-state index contributed by atoms with van der Waals surface area (Å²) in [5.41, 5.74) is 2.04. The van der Waals surface area contributed by atoms with Gasteiger partial charge in [-0.3, -0.25) is 0 Å². The van der Waals surface area contributed by atoms with E-state index in [0.29, 0.717) is 5.92 Å². The highest BCUT2D eigenvalue weighted by Crippen LogP contribution is 2.34. The Kier molecular flexibility index (Phi) is 6.69. The molecule has 1 saturated carbocycles. The second-order valence-corrected chi connectivity index (χ2v) is 6.56. The molecule has 0 heterocycles. The summed E-state index contributed by atoms with van der Waals surface area (Å²) in [6.45, 7) is 5.20. The molecular formula is C19H30FN. The first-order valence-corrected chi connectivity index (χ1v) is 8.71. The van der Waals surface area contributed by atoms with Crippen molar-refractivity contribution in [3.63, 3.8) is 0 Å². The molecule has 1 N–H and O–H groups in total. The van der Waals surface area contributed by atoms with Crippen molar-refractivity contribution in [1.82, 2.24) is 5.32 Å². The quantitative estimate of drug-likeness (QED) is 0.751. The van der Waals surface area contributed by atoms with Crippen molar-refractivity contribution in [2.24, 2.45) is 5.92 Å². The fraction of sp³-hybridized carbons (Fsp3) is 0.684. The first kappa shape index (κ1) is 16.5. The molecule has 2 heteroatoms. The topological polar surface area (TPSA) is 12.0 Å². The molecule has 0 amide bonds. The number of hydrogen-bond donors (Lipinski definition) is 1. The Morgan fingerprint density at radius 3 is 2.48 bits per heavy atom. The van der Waals surface area contributed by atoms with Gasteiger partial charge in [0, 0.05) is 11.6 Å². The summed E-state index contributed by atoms with van der Waals surface area (Å²) in [7, 11) is 0. The van der Waals surface area contributed by atoms with Crippen LogP contribution < -0.4 is 5.32 Å². The number of halogens is 1. The van der Waals surface area contributed by atoms with Gasteiger partial charge in [-0.15, -0.1) is 0 Å². The van der Waals surface area contributed by atoms with Crippen LogP contribution in [-0.4, -0.2) is 6.54 Å². The fourth-order valence-electron chi connectivity index (χ4n) is 3.55. The zero-order valence-corrected chi connectivity index (χ0v) is 13.6. The summed E-state index contributed by atoms with van der Waals surface area (Å²) in [5.74, 6) is 0.532. The average molecular weight is 291 g/mol. The van der Waals surface area contributed by atoms with Gasteiger partial charge in [0.15, 0.2) is 0 Å². The van der Waals surface area contributed by atoms with E-state index in [4.69, 9.17) is 0 Å². The predicted molar refractivity (Wildman–Crippen MR) is 88.0 cm³/mol. The van der Waals surface area contributed by atoms with Crippen LogP contribution in [0.2, 0.25) is 0 Å². The molecule has 2 rings (SSSR count). The lowest BCUT2D eigenvalue weighted by molar-refractivity contribution is 0.283. The molecule has 0 spiro atoms. The van der Waals surface area contributed by atoms with E-state index < -0.39 is 0 Å². The van der Waals surface area contributed by atoms with E-state index in [1.165, 1.54) is 44.9 Å². The lowest BCUT2D eigenvalue weighted by atomic mass is 9.82. The predicted octanol–water partition coefficient (Wildman–Crippen LogP) is 5.54. The van der Waals surface area contributed by atoms with Crippen LogP contribution in [-0.2, 0) is 0 Å². The molecule has 0 aromatic heterocycles. The van der Waals surface area contributed by atoms with Crippen LogP contribution in [0, 0.1) is 18.7 Å². The van der Waals surface area contributed by atoms with Crippen molar-refractivity contribution in [3.05, 3.63) is 35.1 Å². The van der Waals surface area contributed by atoms with Crippen LogP contribution in [0.1, 0.15) is 75.5 Å². The molecule has 1 atom stereocenters. The highest BCUT2D eigenvalue weighted by atomic mass is 19.1. The SMILES string of the molecule is CCCNC(c1cc(C)ccc1F)C1CCCCCCC1. The van der Waals surface area contributed by atoms with Crippen LogP contribution in [0.3, 0.4) is 0 Å². The lowest BCUT2D eigenvalue weighted by Gasteiger charge is -2.30. The van der Waals surface area contributed by atoms with E-state index in [9.17, 15) is 4.39 Å². The van der Waals surface area contributed by atoms with Gasteiger partial charge in [0.2, 0.25) is 0 Å². The van der Waals surface area contributed by atoms with E-state index in [0.717, 1.165) is 24.1 Å². The second-order valence-electron chi connectivity index (χ2n) is 6.56. The third-order valence-electron chi connectivity index (χ3n) is 4.72. The smallest absolute Gasteiger partial charge is 0.128 e. The third kappa shape index (κ3) is 4.81. The van der Waals surface area contributed by atoms with Crippen molar-refractivity contribution < 1.29 is 4.39 Å². The molecule has 1 aliphatic rings. The van der Waals surface area contributed by atoms with Gasteiger partial charge in [-0.05, 0) is 44.7 Å². The zero-order valence-electron chi connectivity index (χ0n) is 13.6. The number of rotatable bonds is 5. The minimum absolute atomic E-state index is 0.0451. The molecule has 21 heavy (non-hydrogen) atoms.